The first-order valence-electron chi connectivity index (χ1n) is 7.99. The second kappa shape index (κ2) is 6.45. The molecule has 0 saturated heterocycles. The largest absolute Gasteiger partial charge is 0.399 e. The maximum Gasteiger partial charge on any atom is 0.253 e. The summed E-state index contributed by atoms with van der Waals surface area (Å²) < 4.78 is 0. The Hall–Kier alpha value is -2.66. The van der Waals surface area contributed by atoms with Crippen molar-refractivity contribution in [3.05, 3.63) is 48.0 Å². The van der Waals surface area contributed by atoms with Crippen LogP contribution >= 0.6 is 0 Å². The molecule has 0 aliphatic carbocycles. The van der Waals surface area contributed by atoms with Crippen LogP contribution < -0.4 is 11.1 Å². The van der Waals surface area contributed by atoms with E-state index < -0.39 is 0 Å². The van der Waals surface area contributed by atoms with Crippen LogP contribution in [0.2, 0.25) is 0 Å². The highest BCUT2D eigenvalue weighted by atomic mass is 16.1. The molecule has 3 aromatic rings. The lowest BCUT2D eigenvalue weighted by molar-refractivity contribution is 0.0945. The van der Waals surface area contributed by atoms with Crippen molar-refractivity contribution in [1.29, 1.82) is 0 Å². The Kier molecular flexibility index (Phi) is 4.36. The quantitative estimate of drug-likeness (QED) is 0.572. The Bertz CT molecular complexity index is 904. The minimum atomic E-state index is -0.106. The highest BCUT2D eigenvalue weighted by Gasteiger charge is 2.13. The Labute approximate surface area is 141 Å². The van der Waals surface area contributed by atoms with Crippen LogP contribution in [-0.4, -0.2) is 42.5 Å². The number of nitrogens with zero attached hydrogens (tertiary/aromatic N) is 2. The van der Waals surface area contributed by atoms with Gasteiger partial charge in [0.05, 0.1) is 16.6 Å². The number of benzene rings is 2. The lowest BCUT2D eigenvalue weighted by Crippen LogP contribution is -2.38. The van der Waals surface area contributed by atoms with E-state index in [9.17, 15) is 4.79 Å². The van der Waals surface area contributed by atoms with Crippen molar-refractivity contribution in [2.75, 3.05) is 26.4 Å². The molecule has 1 atom stereocenters. The Morgan fingerprint density at radius 2 is 2.00 bits per heavy atom. The van der Waals surface area contributed by atoms with Crippen LogP contribution in [-0.2, 0) is 0 Å². The van der Waals surface area contributed by atoms with Gasteiger partial charge in [-0.05, 0) is 45.3 Å². The number of likely N-dealkylation sites (N-methyl/N-ethyl adjacent to an activating group) is 1. The van der Waals surface area contributed by atoms with Crippen LogP contribution in [0.4, 0.5) is 5.69 Å². The summed E-state index contributed by atoms with van der Waals surface area (Å²) in [4.78, 5) is 19.3. The third-order valence-electron chi connectivity index (χ3n) is 4.35. The Morgan fingerprint density at radius 3 is 2.75 bits per heavy atom. The molecule has 5 heteroatoms. The summed E-state index contributed by atoms with van der Waals surface area (Å²) in [6.45, 7) is 2.65. The maximum atomic E-state index is 12.6. The molecule has 0 bridgehead atoms. The minimum absolute atomic E-state index is 0.106. The van der Waals surface area contributed by atoms with Crippen LogP contribution in [0.15, 0.2) is 42.5 Å². The fraction of sp³-hybridized carbons (Fsp3) is 0.263. The smallest absolute Gasteiger partial charge is 0.253 e. The van der Waals surface area contributed by atoms with Gasteiger partial charge in [0.25, 0.3) is 5.91 Å². The first kappa shape index (κ1) is 16.2. The third kappa shape index (κ3) is 3.16. The molecule has 1 amide bonds. The van der Waals surface area contributed by atoms with E-state index in [0.29, 0.717) is 23.3 Å². The lowest BCUT2D eigenvalue weighted by Gasteiger charge is -2.20. The van der Waals surface area contributed by atoms with E-state index in [4.69, 9.17) is 5.73 Å². The fourth-order valence-corrected chi connectivity index (χ4v) is 2.57. The van der Waals surface area contributed by atoms with Gasteiger partial charge in [-0.3, -0.25) is 4.79 Å². The zero-order valence-electron chi connectivity index (χ0n) is 14.2. The highest BCUT2D eigenvalue weighted by Crippen LogP contribution is 2.23. The van der Waals surface area contributed by atoms with Crippen LogP contribution in [0, 0.1) is 0 Å². The number of aromatic nitrogens is 1. The van der Waals surface area contributed by atoms with E-state index in [1.807, 2.05) is 56.6 Å². The van der Waals surface area contributed by atoms with Crippen molar-refractivity contribution < 1.29 is 4.79 Å². The molecule has 124 valence electrons. The van der Waals surface area contributed by atoms with Crippen LogP contribution in [0.5, 0.6) is 0 Å². The number of amides is 1. The lowest BCUT2D eigenvalue weighted by atomic mass is 10.1. The normalized spacial score (nSPS) is 12.7. The topological polar surface area (TPSA) is 71.2 Å². The number of pyridine rings is 1. The summed E-state index contributed by atoms with van der Waals surface area (Å²) in [6.07, 6.45) is 0. The highest BCUT2D eigenvalue weighted by molar-refractivity contribution is 6.07. The van der Waals surface area contributed by atoms with Gasteiger partial charge in [0.2, 0.25) is 0 Å². The third-order valence-corrected chi connectivity index (χ3v) is 4.35. The number of fused-ring (bicyclic) bond motifs is 2. The molecule has 1 unspecified atom stereocenters. The Morgan fingerprint density at radius 1 is 1.21 bits per heavy atom. The van der Waals surface area contributed by atoms with E-state index in [-0.39, 0.29) is 11.9 Å². The van der Waals surface area contributed by atoms with Gasteiger partial charge in [-0.15, -0.1) is 0 Å². The summed E-state index contributed by atoms with van der Waals surface area (Å²) in [5, 5.41) is 4.94. The number of hydrogen-bond donors (Lipinski definition) is 2. The number of rotatable bonds is 4. The molecule has 0 radical (unpaired) electrons. The molecule has 0 aliphatic rings. The number of carbonyl (C=O) groups is 1. The molecule has 0 fully saturated rings. The van der Waals surface area contributed by atoms with Crippen molar-refractivity contribution in [3.63, 3.8) is 0 Å². The number of anilines is 1. The van der Waals surface area contributed by atoms with Gasteiger partial charge in [0.15, 0.2) is 0 Å². The second-order valence-electron chi connectivity index (χ2n) is 6.34. The van der Waals surface area contributed by atoms with Crippen molar-refractivity contribution >= 4 is 33.4 Å². The van der Waals surface area contributed by atoms with Crippen LogP contribution in [0.1, 0.15) is 17.3 Å². The summed E-state index contributed by atoms with van der Waals surface area (Å²) in [7, 11) is 3.99. The standard InChI is InChI=1S/C19H22N4O/c1-12(23(2)3)11-21-19(24)16-6-4-5-14-9-13-7-8-15(20)10-17(13)22-18(14)16/h4-10,12H,11,20H2,1-3H3,(H,21,24). The van der Waals surface area contributed by atoms with Gasteiger partial charge in [-0.25, -0.2) is 4.98 Å². The van der Waals surface area contributed by atoms with Crippen LogP contribution in [0.3, 0.4) is 0 Å². The van der Waals surface area contributed by atoms with Crippen molar-refractivity contribution in [1.82, 2.24) is 15.2 Å². The molecule has 3 N–H and O–H groups in total. The van der Waals surface area contributed by atoms with Crippen LogP contribution in [0.25, 0.3) is 21.8 Å². The molecule has 0 aliphatic heterocycles. The fourth-order valence-electron chi connectivity index (χ4n) is 2.57. The van der Waals surface area contributed by atoms with E-state index in [0.717, 1.165) is 16.3 Å². The average molecular weight is 322 g/mol. The SMILES string of the molecule is CC(CNC(=O)c1cccc2cc3ccc(N)cc3nc12)N(C)C. The van der Waals surface area contributed by atoms with Gasteiger partial charge < -0.3 is 16.0 Å². The number of nitrogens with one attached hydrogen (secondary N) is 1. The van der Waals surface area contributed by atoms with Crippen molar-refractivity contribution in [2.24, 2.45) is 0 Å². The molecular weight excluding hydrogens is 300 g/mol. The number of nitrogen functional groups attached to an aromatic ring is 1. The number of hydrogen-bond acceptors (Lipinski definition) is 4. The minimum Gasteiger partial charge on any atom is -0.399 e. The summed E-state index contributed by atoms with van der Waals surface area (Å²) in [5.41, 5.74) is 8.60. The molecule has 0 spiro atoms. The first-order valence-corrected chi connectivity index (χ1v) is 7.99. The molecule has 5 nitrogen and oxygen atoms in total. The summed E-state index contributed by atoms with van der Waals surface area (Å²) in [5.74, 6) is -0.106. The second-order valence-corrected chi connectivity index (χ2v) is 6.34. The first-order chi connectivity index (χ1) is 11.5. The molecule has 3 rings (SSSR count). The zero-order chi connectivity index (χ0) is 17.3. The van der Waals surface area contributed by atoms with Gasteiger partial charge in [-0.1, -0.05) is 18.2 Å². The summed E-state index contributed by atoms with van der Waals surface area (Å²) in [6, 6.07) is 13.6. The number of para-hydroxylation sites is 1. The van der Waals surface area contributed by atoms with E-state index in [1.165, 1.54) is 0 Å². The number of carbonyl (C=O) groups excluding carboxylic acids is 1. The Balaban J connectivity index is 1.99. The van der Waals surface area contributed by atoms with Gasteiger partial charge in [0, 0.05) is 29.0 Å². The van der Waals surface area contributed by atoms with Crippen molar-refractivity contribution in [3.8, 4) is 0 Å². The number of nitrogens with two attached hydrogens (primary N) is 1. The van der Waals surface area contributed by atoms with E-state index in [1.54, 1.807) is 0 Å². The maximum absolute atomic E-state index is 12.6. The molecule has 1 heterocycles. The average Bonchev–Trinajstić information content (AvgIpc) is 2.56. The monoisotopic (exact) mass is 322 g/mol. The molecule has 2 aromatic carbocycles. The molecule has 0 saturated carbocycles. The molecular formula is C19H22N4O. The molecule has 24 heavy (non-hydrogen) atoms. The van der Waals surface area contributed by atoms with E-state index >= 15 is 0 Å². The van der Waals surface area contributed by atoms with Gasteiger partial charge >= 0.3 is 0 Å². The van der Waals surface area contributed by atoms with Gasteiger partial charge in [-0.2, -0.15) is 0 Å². The van der Waals surface area contributed by atoms with Gasteiger partial charge in [0.1, 0.15) is 0 Å². The van der Waals surface area contributed by atoms with Crippen molar-refractivity contribution in [2.45, 2.75) is 13.0 Å². The predicted octanol–water partition coefficient (Wildman–Crippen LogP) is 2.65. The summed E-state index contributed by atoms with van der Waals surface area (Å²) >= 11 is 0. The predicted molar refractivity (Wildman–Crippen MR) is 99.1 cm³/mol. The zero-order valence-corrected chi connectivity index (χ0v) is 14.2. The molecule has 1 aromatic heterocycles. The van der Waals surface area contributed by atoms with E-state index in [2.05, 4.69) is 22.1 Å².